The van der Waals surface area contributed by atoms with E-state index in [0.717, 1.165) is 43.5 Å². The molecule has 0 aromatic rings. The zero-order valence-electron chi connectivity index (χ0n) is 13.9. The van der Waals surface area contributed by atoms with Gasteiger partial charge >= 0.3 is 0 Å². The molecule has 0 saturated carbocycles. The van der Waals surface area contributed by atoms with E-state index in [2.05, 4.69) is 20.8 Å². The van der Waals surface area contributed by atoms with Gasteiger partial charge in [0.25, 0.3) is 0 Å². The van der Waals surface area contributed by atoms with Crippen molar-refractivity contribution in [2.75, 3.05) is 26.2 Å². The average Bonchev–Trinajstić information content (AvgIpc) is 2.39. The Balaban J connectivity index is 0. The molecule has 124 valence electrons. The molecule has 0 aliphatic carbocycles. The van der Waals surface area contributed by atoms with Gasteiger partial charge in [-0.3, -0.25) is 0 Å². The van der Waals surface area contributed by atoms with Crippen LogP contribution in [0.5, 0.6) is 0 Å². The lowest BCUT2D eigenvalue weighted by Crippen LogP contribution is -3.00. The Morgan fingerprint density at radius 2 is 1.60 bits per heavy atom. The normalized spacial score (nSPS) is 14.7. The van der Waals surface area contributed by atoms with Crippen molar-refractivity contribution in [2.45, 2.75) is 77.7 Å². The summed E-state index contributed by atoms with van der Waals surface area (Å²) in [6.07, 6.45) is 7.18. The van der Waals surface area contributed by atoms with Gasteiger partial charge in [-0.1, -0.05) is 32.6 Å². The molecule has 0 aromatic heterocycles. The van der Waals surface area contributed by atoms with Crippen molar-refractivity contribution in [3.8, 4) is 0 Å². The molecule has 0 saturated heterocycles. The molecule has 0 bridgehead atoms. The maximum atomic E-state index is 9.67. The van der Waals surface area contributed by atoms with Crippen molar-refractivity contribution in [2.24, 2.45) is 0 Å². The van der Waals surface area contributed by atoms with Crippen molar-refractivity contribution in [1.29, 1.82) is 0 Å². The molecule has 2 nitrogen and oxygen atoms in total. The molecule has 2 unspecified atom stereocenters. The third-order valence-corrected chi connectivity index (χ3v) is 4.72. The third kappa shape index (κ3) is 10.3. The first-order chi connectivity index (χ1) is 8.99. The van der Waals surface area contributed by atoms with Crippen LogP contribution in [0.15, 0.2) is 0 Å². The van der Waals surface area contributed by atoms with Crippen LogP contribution in [0.3, 0.4) is 0 Å². The van der Waals surface area contributed by atoms with Crippen LogP contribution in [0, 0.1) is 0 Å². The van der Waals surface area contributed by atoms with Crippen LogP contribution < -0.4 is 12.4 Å². The van der Waals surface area contributed by atoms with E-state index in [0.29, 0.717) is 5.38 Å². The van der Waals surface area contributed by atoms with Gasteiger partial charge in [0.2, 0.25) is 0 Å². The second kappa shape index (κ2) is 13.2. The molecule has 0 amide bonds. The number of rotatable bonds is 12. The fourth-order valence-electron chi connectivity index (χ4n) is 2.80. The van der Waals surface area contributed by atoms with Crippen LogP contribution in [0.25, 0.3) is 0 Å². The highest BCUT2D eigenvalue weighted by atomic mass is 35.5. The zero-order valence-corrected chi connectivity index (χ0v) is 15.4. The van der Waals surface area contributed by atoms with E-state index in [9.17, 15) is 5.11 Å². The predicted octanol–water partition coefficient (Wildman–Crippen LogP) is 1.20. The molecule has 20 heavy (non-hydrogen) atoms. The number of aliphatic hydroxyl groups is 1. The molecule has 0 heterocycles. The van der Waals surface area contributed by atoms with Crippen molar-refractivity contribution in [1.82, 2.24) is 0 Å². The van der Waals surface area contributed by atoms with Crippen LogP contribution in [0.1, 0.15) is 66.2 Å². The molecule has 0 radical (unpaired) electrons. The van der Waals surface area contributed by atoms with Gasteiger partial charge in [0.15, 0.2) is 0 Å². The number of nitrogens with zero attached hydrogens (tertiary/aromatic N) is 1. The molecule has 1 N–H and O–H groups in total. The fraction of sp³-hybridized carbons (Fsp3) is 1.00. The van der Waals surface area contributed by atoms with Gasteiger partial charge in [-0.05, 0) is 27.2 Å². The highest BCUT2D eigenvalue weighted by Crippen LogP contribution is 2.17. The Morgan fingerprint density at radius 1 is 1.00 bits per heavy atom. The van der Waals surface area contributed by atoms with E-state index < -0.39 is 0 Å². The number of hydrogen-bond donors (Lipinski definition) is 1. The first kappa shape index (κ1) is 22.8. The predicted molar refractivity (Wildman–Crippen MR) is 85.8 cm³/mol. The summed E-state index contributed by atoms with van der Waals surface area (Å²) in [4.78, 5) is 0. The molecule has 0 fully saturated rings. The standard InChI is InChI=1S/C16H35ClNO.ClH/c1-5-8-9-10-11-16(17)12-13-18(6-2,7-3)14-15(4)19;/h15-16,19H,5-14H2,1-4H3;1H/q+1;/p-1. The monoisotopic (exact) mass is 327 g/mol. The SMILES string of the molecule is CCCCCCC(Cl)CC[N+](CC)(CC)CC(C)O.[Cl-]. The molecule has 0 spiro atoms. The van der Waals surface area contributed by atoms with Crippen LogP contribution in [0.2, 0.25) is 0 Å². The second-order valence-electron chi connectivity index (χ2n) is 5.96. The molecule has 0 aliphatic heterocycles. The number of aliphatic hydroxyl groups excluding tert-OH is 1. The quantitative estimate of drug-likeness (QED) is 0.324. The number of unbranched alkanes of at least 4 members (excludes halogenated alkanes) is 3. The minimum absolute atomic E-state index is 0. The Kier molecular flexibility index (Phi) is 15.0. The van der Waals surface area contributed by atoms with Crippen molar-refractivity contribution < 1.29 is 22.0 Å². The minimum atomic E-state index is -0.224. The van der Waals surface area contributed by atoms with E-state index in [1.807, 2.05) is 6.92 Å². The van der Waals surface area contributed by atoms with Crippen molar-refractivity contribution in [3.63, 3.8) is 0 Å². The lowest BCUT2D eigenvalue weighted by molar-refractivity contribution is -0.927. The topological polar surface area (TPSA) is 20.2 Å². The Hall–Kier alpha value is 0.500. The van der Waals surface area contributed by atoms with Gasteiger partial charge < -0.3 is 22.0 Å². The van der Waals surface area contributed by atoms with Crippen LogP contribution in [-0.2, 0) is 0 Å². The summed E-state index contributed by atoms with van der Waals surface area (Å²) >= 11 is 6.44. The first-order valence-corrected chi connectivity index (χ1v) is 8.60. The lowest BCUT2D eigenvalue weighted by atomic mass is 10.1. The molecule has 2 atom stereocenters. The maximum Gasteiger partial charge on any atom is 0.105 e. The van der Waals surface area contributed by atoms with E-state index in [-0.39, 0.29) is 18.5 Å². The van der Waals surface area contributed by atoms with E-state index in [4.69, 9.17) is 11.6 Å². The summed E-state index contributed by atoms with van der Waals surface area (Å²) in [6.45, 7) is 12.7. The fourth-order valence-corrected chi connectivity index (χ4v) is 3.05. The number of alkyl halides is 1. The molecule has 0 aromatic carbocycles. The molecule has 4 heteroatoms. The Labute approximate surface area is 137 Å². The lowest BCUT2D eigenvalue weighted by Gasteiger charge is -2.38. The summed E-state index contributed by atoms with van der Waals surface area (Å²) in [5.41, 5.74) is 0. The zero-order chi connectivity index (χ0) is 14.7. The summed E-state index contributed by atoms with van der Waals surface area (Å²) in [5.74, 6) is 0. The van der Waals surface area contributed by atoms with Crippen molar-refractivity contribution in [3.05, 3.63) is 0 Å². The largest absolute Gasteiger partial charge is 1.00 e. The second-order valence-corrected chi connectivity index (χ2v) is 6.58. The number of hydrogen-bond acceptors (Lipinski definition) is 1. The van der Waals surface area contributed by atoms with Crippen LogP contribution in [-0.4, -0.2) is 47.2 Å². The molecular weight excluding hydrogens is 293 g/mol. The van der Waals surface area contributed by atoms with E-state index >= 15 is 0 Å². The van der Waals surface area contributed by atoms with Crippen LogP contribution >= 0.6 is 11.6 Å². The van der Waals surface area contributed by atoms with E-state index in [1.54, 1.807) is 0 Å². The first-order valence-electron chi connectivity index (χ1n) is 8.16. The highest BCUT2D eigenvalue weighted by Gasteiger charge is 2.25. The van der Waals surface area contributed by atoms with E-state index in [1.165, 1.54) is 25.7 Å². The van der Waals surface area contributed by atoms with Gasteiger partial charge in [-0.15, -0.1) is 11.6 Å². The van der Waals surface area contributed by atoms with Gasteiger partial charge in [0.1, 0.15) is 12.6 Å². The number of likely N-dealkylation sites (N-methyl/N-ethyl adjacent to an activating group) is 1. The number of quaternary nitrogens is 1. The molecule has 0 aliphatic rings. The van der Waals surface area contributed by atoms with Gasteiger partial charge in [0.05, 0.1) is 19.6 Å². The van der Waals surface area contributed by atoms with Crippen LogP contribution in [0.4, 0.5) is 0 Å². The van der Waals surface area contributed by atoms with Crippen molar-refractivity contribution >= 4 is 11.6 Å². The van der Waals surface area contributed by atoms with Gasteiger partial charge in [-0.25, -0.2) is 0 Å². The number of halogens is 2. The molecule has 0 rings (SSSR count). The maximum absolute atomic E-state index is 9.67. The summed E-state index contributed by atoms with van der Waals surface area (Å²) in [5, 5.41) is 9.97. The average molecular weight is 328 g/mol. The Bertz CT molecular complexity index is 209. The summed E-state index contributed by atoms with van der Waals surface area (Å²) in [7, 11) is 0. The summed E-state index contributed by atoms with van der Waals surface area (Å²) < 4.78 is 0.996. The minimum Gasteiger partial charge on any atom is -1.00 e. The third-order valence-electron chi connectivity index (χ3n) is 4.28. The van der Waals surface area contributed by atoms with Gasteiger partial charge in [-0.2, -0.15) is 0 Å². The van der Waals surface area contributed by atoms with Gasteiger partial charge in [0, 0.05) is 11.8 Å². The molecular formula is C16H35Cl2NO. The summed E-state index contributed by atoms with van der Waals surface area (Å²) in [6, 6.07) is 0. The smallest absolute Gasteiger partial charge is 0.105 e. The Morgan fingerprint density at radius 3 is 2.05 bits per heavy atom. The highest BCUT2D eigenvalue weighted by molar-refractivity contribution is 6.20.